The SMILES string of the molecule is Nc1ccc(Br)c(CN2CCN(CC(F)(F)F)CC2)c1. The van der Waals surface area contributed by atoms with Crippen molar-refractivity contribution in [2.45, 2.75) is 12.7 Å². The Hall–Kier alpha value is -0.790. The van der Waals surface area contributed by atoms with E-state index >= 15 is 0 Å². The van der Waals surface area contributed by atoms with Crippen LogP contribution in [0.4, 0.5) is 18.9 Å². The van der Waals surface area contributed by atoms with Gasteiger partial charge in [0.25, 0.3) is 0 Å². The summed E-state index contributed by atoms with van der Waals surface area (Å²) in [5.41, 5.74) is 7.51. The van der Waals surface area contributed by atoms with Crippen LogP contribution < -0.4 is 5.73 Å². The number of alkyl halides is 3. The van der Waals surface area contributed by atoms with E-state index in [2.05, 4.69) is 20.8 Å². The van der Waals surface area contributed by atoms with E-state index in [9.17, 15) is 13.2 Å². The first kappa shape index (κ1) is 15.6. The molecule has 0 saturated carbocycles. The fourth-order valence-electron chi connectivity index (χ4n) is 2.32. The van der Waals surface area contributed by atoms with Gasteiger partial charge in [0.1, 0.15) is 0 Å². The van der Waals surface area contributed by atoms with Crippen LogP contribution in [0, 0.1) is 0 Å². The Morgan fingerprint density at radius 1 is 1.10 bits per heavy atom. The molecule has 3 nitrogen and oxygen atoms in total. The molecule has 1 aliphatic rings. The van der Waals surface area contributed by atoms with Crippen LogP contribution >= 0.6 is 15.9 Å². The zero-order chi connectivity index (χ0) is 14.8. The molecule has 1 saturated heterocycles. The van der Waals surface area contributed by atoms with Crippen LogP contribution in [-0.2, 0) is 6.54 Å². The van der Waals surface area contributed by atoms with Gasteiger partial charge in [-0.3, -0.25) is 9.80 Å². The second kappa shape index (κ2) is 6.32. The van der Waals surface area contributed by atoms with E-state index in [0.717, 1.165) is 10.0 Å². The molecule has 0 amide bonds. The lowest BCUT2D eigenvalue weighted by molar-refractivity contribution is -0.149. The highest BCUT2D eigenvalue weighted by Crippen LogP contribution is 2.22. The Labute approximate surface area is 124 Å². The minimum atomic E-state index is -4.11. The van der Waals surface area contributed by atoms with E-state index in [1.165, 1.54) is 4.90 Å². The molecule has 0 aliphatic carbocycles. The molecule has 2 N–H and O–H groups in total. The molecule has 0 unspecified atom stereocenters. The summed E-state index contributed by atoms with van der Waals surface area (Å²) in [4.78, 5) is 3.59. The molecule has 1 aromatic rings. The van der Waals surface area contributed by atoms with E-state index in [0.29, 0.717) is 38.4 Å². The zero-order valence-corrected chi connectivity index (χ0v) is 12.5. The summed E-state index contributed by atoms with van der Waals surface area (Å²) in [5.74, 6) is 0. The molecule has 0 spiro atoms. The number of halogens is 4. The lowest BCUT2D eigenvalue weighted by Gasteiger charge is -2.35. The van der Waals surface area contributed by atoms with Gasteiger partial charge in [0.05, 0.1) is 6.54 Å². The van der Waals surface area contributed by atoms with Crippen LogP contribution in [0.1, 0.15) is 5.56 Å². The number of benzene rings is 1. The smallest absolute Gasteiger partial charge is 0.399 e. The van der Waals surface area contributed by atoms with Crippen molar-refractivity contribution in [1.82, 2.24) is 9.80 Å². The van der Waals surface area contributed by atoms with Crippen LogP contribution in [-0.4, -0.2) is 48.7 Å². The van der Waals surface area contributed by atoms with Gasteiger partial charge in [0, 0.05) is 42.9 Å². The van der Waals surface area contributed by atoms with Gasteiger partial charge in [-0.2, -0.15) is 13.2 Å². The van der Waals surface area contributed by atoms with Gasteiger partial charge in [-0.25, -0.2) is 0 Å². The third-order valence-corrected chi connectivity index (χ3v) is 4.11. The molecular weight excluding hydrogens is 335 g/mol. The summed E-state index contributed by atoms with van der Waals surface area (Å²) in [6, 6.07) is 5.60. The molecule has 20 heavy (non-hydrogen) atoms. The highest BCUT2D eigenvalue weighted by Gasteiger charge is 2.32. The second-order valence-corrected chi connectivity index (χ2v) is 5.87. The summed E-state index contributed by atoms with van der Waals surface area (Å²) in [5, 5.41) is 0. The number of hydrogen-bond acceptors (Lipinski definition) is 3. The number of hydrogen-bond donors (Lipinski definition) is 1. The molecule has 1 aromatic carbocycles. The van der Waals surface area contributed by atoms with Crippen molar-refractivity contribution in [1.29, 1.82) is 0 Å². The Bertz CT molecular complexity index is 457. The number of piperazine rings is 1. The fourth-order valence-corrected chi connectivity index (χ4v) is 2.69. The molecule has 0 atom stereocenters. The third kappa shape index (κ3) is 4.64. The lowest BCUT2D eigenvalue weighted by atomic mass is 10.1. The molecule has 0 bridgehead atoms. The van der Waals surface area contributed by atoms with Crippen molar-refractivity contribution < 1.29 is 13.2 Å². The summed E-state index contributed by atoms with van der Waals surface area (Å²) < 4.78 is 37.9. The van der Waals surface area contributed by atoms with Crippen molar-refractivity contribution >= 4 is 21.6 Å². The van der Waals surface area contributed by atoms with Gasteiger partial charge < -0.3 is 5.73 Å². The van der Waals surface area contributed by atoms with Gasteiger partial charge in [0.2, 0.25) is 0 Å². The van der Waals surface area contributed by atoms with Crippen molar-refractivity contribution in [2.75, 3.05) is 38.5 Å². The molecule has 1 fully saturated rings. The highest BCUT2D eigenvalue weighted by molar-refractivity contribution is 9.10. The highest BCUT2D eigenvalue weighted by atomic mass is 79.9. The standard InChI is InChI=1S/C13H17BrF3N3/c14-12-2-1-11(18)7-10(12)8-19-3-5-20(6-4-19)9-13(15,16)17/h1-2,7H,3-6,8-9,18H2. The zero-order valence-electron chi connectivity index (χ0n) is 11.0. The summed E-state index contributed by atoms with van der Waals surface area (Å²) in [6.07, 6.45) is -4.11. The van der Waals surface area contributed by atoms with E-state index in [1.807, 2.05) is 18.2 Å². The third-order valence-electron chi connectivity index (χ3n) is 3.33. The Morgan fingerprint density at radius 3 is 2.30 bits per heavy atom. The van der Waals surface area contributed by atoms with Gasteiger partial charge in [-0.05, 0) is 23.8 Å². The minimum Gasteiger partial charge on any atom is -0.399 e. The maximum absolute atomic E-state index is 12.3. The number of nitrogen functional groups attached to an aromatic ring is 1. The number of anilines is 1. The average molecular weight is 352 g/mol. The Balaban J connectivity index is 1.87. The maximum atomic E-state index is 12.3. The molecule has 1 aliphatic heterocycles. The topological polar surface area (TPSA) is 32.5 Å². The summed E-state index contributed by atoms with van der Waals surface area (Å²) >= 11 is 3.47. The Morgan fingerprint density at radius 2 is 1.70 bits per heavy atom. The predicted molar refractivity (Wildman–Crippen MR) is 76.3 cm³/mol. The fraction of sp³-hybridized carbons (Fsp3) is 0.538. The van der Waals surface area contributed by atoms with Crippen LogP contribution in [0.3, 0.4) is 0 Å². The first-order valence-corrected chi connectivity index (χ1v) is 7.18. The normalized spacial score (nSPS) is 18.4. The first-order valence-electron chi connectivity index (χ1n) is 6.39. The first-order chi connectivity index (χ1) is 9.33. The number of nitrogens with two attached hydrogens (primary N) is 1. The quantitative estimate of drug-likeness (QED) is 0.850. The van der Waals surface area contributed by atoms with Crippen LogP contribution in [0.15, 0.2) is 22.7 Å². The molecule has 0 aromatic heterocycles. The van der Waals surface area contributed by atoms with Gasteiger partial charge >= 0.3 is 6.18 Å². The summed E-state index contributed by atoms with van der Waals surface area (Å²) in [6.45, 7) is 2.04. The van der Waals surface area contributed by atoms with Crippen LogP contribution in [0.25, 0.3) is 0 Å². The van der Waals surface area contributed by atoms with Gasteiger partial charge in [0.15, 0.2) is 0 Å². The maximum Gasteiger partial charge on any atom is 0.401 e. The van der Waals surface area contributed by atoms with E-state index in [-0.39, 0.29) is 0 Å². The molecule has 112 valence electrons. The lowest BCUT2D eigenvalue weighted by Crippen LogP contribution is -2.48. The molecule has 0 radical (unpaired) electrons. The minimum absolute atomic E-state index is 0.444. The van der Waals surface area contributed by atoms with Crippen molar-refractivity contribution in [3.8, 4) is 0 Å². The average Bonchev–Trinajstić information content (AvgIpc) is 2.34. The summed E-state index contributed by atoms with van der Waals surface area (Å²) in [7, 11) is 0. The predicted octanol–water partition coefficient (Wildman–Crippen LogP) is 2.71. The second-order valence-electron chi connectivity index (χ2n) is 5.02. The van der Waals surface area contributed by atoms with Crippen LogP contribution in [0.5, 0.6) is 0 Å². The van der Waals surface area contributed by atoms with E-state index in [4.69, 9.17) is 5.73 Å². The van der Waals surface area contributed by atoms with Gasteiger partial charge in [-0.15, -0.1) is 0 Å². The van der Waals surface area contributed by atoms with Gasteiger partial charge in [-0.1, -0.05) is 15.9 Å². The molecule has 7 heteroatoms. The van der Waals surface area contributed by atoms with Crippen molar-refractivity contribution in [3.05, 3.63) is 28.2 Å². The molecule has 1 heterocycles. The van der Waals surface area contributed by atoms with E-state index < -0.39 is 12.7 Å². The monoisotopic (exact) mass is 351 g/mol. The van der Waals surface area contributed by atoms with Crippen molar-refractivity contribution in [3.63, 3.8) is 0 Å². The number of rotatable bonds is 3. The van der Waals surface area contributed by atoms with E-state index in [1.54, 1.807) is 0 Å². The molecule has 2 rings (SSSR count). The van der Waals surface area contributed by atoms with Crippen LogP contribution in [0.2, 0.25) is 0 Å². The Kier molecular flexibility index (Phi) is 4.93. The molecular formula is C13H17BrF3N3. The van der Waals surface area contributed by atoms with Crippen molar-refractivity contribution in [2.24, 2.45) is 0 Å². The largest absolute Gasteiger partial charge is 0.401 e. The number of nitrogens with zero attached hydrogens (tertiary/aromatic N) is 2.